The molecular weight excluding hydrogens is 322 g/mol. The zero-order valence-corrected chi connectivity index (χ0v) is 16.9. The Morgan fingerprint density at radius 3 is 2.31 bits per heavy atom. The number of benzene rings is 2. The van der Waals surface area contributed by atoms with E-state index in [1.54, 1.807) is 0 Å². The van der Waals surface area contributed by atoms with Crippen LogP contribution < -0.4 is 10.1 Å². The molecule has 2 aromatic carbocycles. The Kier molecular flexibility index (Phi) is 6.47. The Labute approximate surface area is 157 Å². The van der Waals surface area contributed by atoms with Crippen LogP contribution in [0.2, 0.25) is 0 Å². The van der Waals surface area contributed by atoms with Gasteiger partial charge in [-0.1, -0.05) is 43.7 Å². The summed E-state index contributed by atoms with van der Waals surface area (Å²) in [5.74, 6) is 0.985. The fraction of sp³-hybridized carbons (Fsp3) is 0.435. The summed E-state index contributed by atoms with van der Waals surface area (Å²) in [6.45, 7) is 12.8. The highest BCUT2D eigenvalue weighted by molar-refractivity contribution is 5.95. The van der Waals surface area contributed by atoms with Gasteiger partial charge in [0.25, 0.3) is 0 Å². The van der Waals surface area contributed by atoms with Crippen LogP contribution in [0.4, 0.5) is 5.69 Å². The first-order valence-corrected chi connectivity index (χ1v) is 9.28. The lowest BCUT2D eigenvalue weighted by molar-refractivity contribution is -0.124. The van der Waals surface area contributed by atoms with E-state index in [1.165, 1.54) is 11.1 Å². The second-order valence-electron chi connectivity index (χ2n) is 7.88. The van der Waals surface area contributed by atoms with Gasteiger partial charge in [-0.15, -0.1) is 0 Å². The van der Waals surface area contributed by atoms with Gasteiger partial charge in [0.2, 0.25) is 5.91 Å². The number of carbonyl (C=O) groups excluding carboxylic acids is 1. The van der Waals surface area contributed by atoms with Crippen molar-refractivity contribution in [1.82, 2.24) is 0 Å². The third-order valence-corrected chi connectivity index (χ3v) is 4.79. The van der Waals surface area contributed by atoms with E-state index in [2.05, 4.69) is 50.4 Å². The van der Waals surface area contributed by atoms with Crippen molar-refractivity contribution in [1.29, 1.82) is 0 Å². The summed E-state index contributed by atoms with van der Waals surface area (Å²) in [6.07, 6.45) is 1.61. The fourth-order valence-electron chi connectivity index (χ4n) is 2.92. The van der Waals surface area contributed by atoms with Crippen molar-refractivity contribution < 1.29 is 9.53 Å². The maximum atomic E-state index is 12.7. The molecule has 0 aliphatic carbocycles. The number of carbonyl (C=O) groups is 1. The highest BCUT2D eigenvalue weighted by Crippen LogP contribution is 2.27. The minimum atomic E-state index is -0.442. The van der Waals surface area contributed by atoms with Crippen LogP contribution in [0.25, 0.3) is 0 Å². The Morgan fingerprint density at radius 2 is 1.62 bits per heavy atom. The van der Waals surface area contributed by atoms with Gasteiger partial charge >= 0.3 is 0 Å². The van der Waals surface area contributed by atoms with Crippen molar-refractivity contribution in [2.45, 2.75) is 54.4 Å². The molecule has 0 bridgehead atoms. The van der Waals surface area contributed by atoms with Gasteiger partial charge in [-0.2, -0.15) is 0 Å². The van der Waals surface area contributed by atoms with Crippen LogP contribution in [0.1, 0.15) is 48.9 Å². The van der Waals surface area contributed by atoms with Gasteiger partial charge < -0.3 is 10.1 Å². The van der Waals surface area contributed by atoms with Crippen LogP contribution in [0.5, 0.6) is 5.75 Å². The summed E-state index contributed by atoms with van der Waals surface area (Å²) >= 11 is 0. The highest BCUT2D eigenvalue weighted by atomic mass is 16.5. The molecular formula is C23H31NO2. The molecule has 0 aliphatic rings. The van der Waals surface area contributed by atoms with Gasteiger partial charge in [-0.25, -0.2) is 0 Å². The maximum Gasteiger partial charge on any atom is 0.230 e. The quantitative estimate of drug-likeness (QED) is 0.644. The van der Waals surface area contributed by atoms with Crippen LogP contribution in [-0.4, -0.2) is 12.5 Å². The van der Waals surface area contributed by atoms with Crippen molar-refractivity contribution in [2.24, 2.45) is 5.41 Å². The lowest BCUT2D eigenvalue weighted by Gasteiger charge is -2.24. The van der Waals surface area contributed by atoms with Crippen molar-refractivity contribution >= 4 is 11.6 Å². The summed E-state index contributed by atoms with van der Waals surface area (Å²) < 4.78 is 5.91. The fourth-order valence-corrected chi connectivity index (χ4v) is 2.92. The van der Waals surface area contributed by atoms with Crippen molar-refractivity contribution in [2.75, 3.05) is 11.9 Å². The standard InChI is InChI=1S/C23H31NO2/c1-16-9-11-20(19(4)14-16)24-22(25)23(5,6)12-7-13-26-21-15-17(2)8-10-18(21)3/h8-11,14-15H,7,12-13H2,1-6H3,(H,24,25). The first-order valence-electron chi connectivity index (χ1n) is 9.28. The molecule has 0 radical (unpaired) electrons. The minimum absolute atomic E-state index is 0.0520. The van der Waals surface area contributed by atoms with Gasteiger partial charge in [-0.05, 0) is 69.4 Å². The van der Waals surface area contributed by atoms with Crippen LogP contribution in [0, 0.1) is 33.1 Å². The maximum absolute atomic E-state index is 12.7. The summed E-state index contributed by atoms with van der Waals surface area (Å²) in [4.78, 5) is 12.7. The molecule has 0 unspecified atom stereocenters. The molecule has 0 aliphatic heterocycles. The van der Waals surface area contributed by atoms with Gasteiger partial charge in [0.1, 0.15) is 5.75 Å². The molecule has 0 aromatic heterocycles. The Bertz CT molecular complexity index is 778. The Morgan fingerprint density at radius 1 is 0.962 bits per heavy atom. The monoisotopic (exact) mass is 353 g/mol. The van der Waals surface area contributed by atoms with Crippen LogP contribution in [-0.2, 0) is 4.79 Å². The topological polar surface area (TPSA) is 38.3 Å². The molecule has 2 rings (SSSR count). The smallest absolute Gasteiger partial charge is 0.230 e. The summed E-state index contributed by atoms with van der Waals surface area (Å²) in [5.41, 5.74) is 5.07. The predicted octanol–water partition coefficient (Wildman–Crippen LogP) is 5.74. The average molecular weight is 354 g/mol. The number of hydrogen-bond acceptors (Lipinski definition) is 2. The zero-order chi connectivity index (χ0) is 19.3. The second-order valence-corrected chi connectivity index (χ2v) is 7.88. The summed E-state index contributed by atoms with van der Waals surface area (Å²) in [6, 6.07) is 12.3. The van der Waals surface area contributed by atoms with Crippen LogP contribution in [0.3, 0.4) is 0 Å². The number of ether oxygens (including phenoxy) is 1. The molecule has 0 atom stereocenters. The van der Waals surface area contributed by atoms with Crippen molar-refractivity contribution in [3.63, 3.8) is 0 Å². The Hall–Kier alpha value is -2.29. The van der Waals surface area contributed by atoms with E-state index in [0.717, 1.165) is 35.4 Å². The molecule has 26 heavy (non-hydrogen) atoms. The van der Waals surface area contributed by atoms with Crippen LogP contribution >= 0.6 is 0 Å². The molecule has 140 valence electrons. The number of anilines is 1. The summed E-state index contributed by atoms with van der Waals surface area (Å²) in [5, 5.41) is 3.07. The molecule has 3 nitrogen and oxygen atoms in total. The van der Waals surface area contributed by atoms with Gasteiger partial charge in [0.05, 0.1) is 6.61 Å². The lowest BCUT2D eigenvalue weighted by atomic mass is 9.86. The Balaban J connectivity index is 1.87. The normalized spacial score (nSPS) is 11.3. The van der Waals surface area contributed by atoms with E-state index in [9.17, 15) is 4.79 Å². The van der Waals surface area contributed by atoms with E-state index in [1.807, 2.05) is 32.9 Å². The van der Waals surface area contributed by atoms with Gasteiger partial charge in [0.15, 0.2) is 0 Å². The van der Waals surface area contributed by atoms with E-state index < -0.39 is 5.41 Å². The number of nitrogens with one attached hydrogen (secondary N) is 1. The van der Waals surface area contributed by atoms with Gasteiger partial charge in [-0.3, -0.25) is 4.79 Å². The molecule has 3 heteroatoms. The summed E-state index contributed by atoms with van der Waals surface area (Å²) in [7, 11) is 0. The number of rotatable bonds is 7. The first-order chi connectivity index (χ1) is 12.2. The second kappa shape index (κ2) is 8.39. The molecule has 1 N–H and O–H groups in total. The average Bonchev–Trinajstić information content (AvgIpc) is 2.57. The lowest BCUT2D eigenvalue weighted by Crippen LogP contribution is -2.31. The minimum Gasteiger partial charge on any atom is -0.493 e. The highest BCUT2D eigenvalue weighted by Gasteiger charge is 2.27. The molecule has 0 saturated heterocycles. The van der Waals surface area contributed by atoms with E-state index in [-0.39, 0.29) is 5.91 Å². The SMILES string of the molecule is Cc1ccc(NC(=O)C(C)(C)CCCOc2cc(C)ccc2C)c(C)c1. The molecule has 0 fully saturated rings. The van der Waals surface area contributed by atoms with E-state index >= 15 is 0 Å². The van der Waals surface area contributed by atoms with Crippen molar-refractivity contribution in [3.8, 4) is 5.75 Å². The predicted molar refractivity (Wildman–Crippen MR) is 109 cm³/mol. The molecule has 2 aromatic rings. The third kappa shape index (κ3) is 5.35. The van der Waals surface area contributed by atoms with E-state index in [0.29, 0.717) is 6.61 Å². The largest absolute Gasteiger partial charge is 0.493 e. The molecule has 0 heterocycles. The van der Waals surface area contributed by atoms with E-state index in [4.69, 9.17) is 4.74 Å². The first kappa shape index (κ1) is 20.0. The number of aryl methyl sites for hydroxylation is 4. The number of amides is 1. The zero-order valence-electron chi connectivity index (χ0n) is 16.9. The van der Waals surface area contributed by atoms with Gasteiger partial charge in [0, 0.05) is 11.1 Å². The third-order valence-electron chi connectivity index (χ3n) is 4.79. The van der Waals surface area contributed by atoms with Crippen LogP contribution in [0.15, 0.2) is 36.4 Å². The molecule has 1 amide bonds. The molecule has 0 saturated carbocycles. The van der Waals surface area contributed by atoms with Crippen molar-refractivity contribution in [3.05, 3.63) is 58.7 Å². The molecule has 0 spiro atoms. The number of hydrogen-bond donors (Lipinski definition) is 1.